The molecule has 0 N–H and O–H groups in total. The Kier molecular flexibility index (Phi) is 14.7. The first-order valence-electron chi connectivity index (χ1n) is 15.1. The topological polar surface area (TPSA) is 18.5 Å². The van der Waals surface area contributed by atoms with E-state index in [1.54, 1.807) is 0 Å². The summed E-state index contributed by atoms with van der Waals surface area (Å²) in [6.45, 7) is 23.3. The largest absolute Gasteiger partial charge is 0.438 e. The Bertz CT molecular complexity index is 583. The average molecular weight is 501 g/mol. The summed E-state index contributed by atoms with van der Waals surface area (Å²) in [6, 6.07) is 0. The number of hydrogen-bond donors (Lipinski definition) is 0. The zero-order valence-corrected chi connectivity index (χ0v) is 30.6. The monoisotopic (exact) mass is 504 g/mol. The fraction of sp³-hybridized carbons (Fsp3) is 1.00. The average Bonchev–Trinajstić information content (AvgIpc) is 2.70. The highest BCUT2D eigenvalue weighted by Gasteiger charge is 2.61. The van der Waals surface area contributed by atoms with Crippen LogP contribution in [0.2, 0.25) is 62.4 Å². The third-order valence-electron chi connectivity index (χ3n) is 10.7. The van der Waals surface area contributed by atoms with Gasteiger partial charge in [0, 0.05) is 27.1 Å². The van der Waals surface area contributed by atoms with Crippen molar-refractivity contribution in [2.75, 3.05) is 0 Å². The van der Waals surface area contributed by atoms with Gasteiger partial charge in [-0.15, -0.1) is 9.47 Å². The van der Waals surface area contributed by atoms with E-state index in [-0.39, 0.29) is 9.47 Å². The third-order valence-corrected chi connectivity index (χ3v) is 26.0. The molecule has 2 unspecified atom stereocenters. The summed E-state index contributed by atoms with van der Waals surface area (Å²) in [5, 5.41) is 0. The molecule has 0 saturated heterocycles. The van der Waals surface area contributed by atoms with Crippen molar-refractivity contribution in [2.24, 2.45) is 0 Å². The lowest BCUT2D eigenvalue weighted by Crippen LogP contribution is -2.76. The molecular formula is C10H48B20O2Si3. The van der Waals surface area contributed by atoms with Gasteiger partial charge < -0.3 is 8.23 Å². The van der Waals surface area contributed by atoms with Crippen LogP contribution in [0.1, 0.15) is 0 Å². The van der Waals surface area contributed by atoms with Crippen LogP contribution >= 0.6 is 0 Å². The highest BCUT2D eigenvalue weighted by molar-refractivity contribution is 7.66. The predicted octanol–water partition coefficient (Wildman–Crippen LogP) is -10.2. The van der Waals surface area contributed by atoms with Crippen molar-refractivity contribution < 1.29 is 8.23 Å². The van der Waals surface area contributed by atoms with Gasteiger partial charge in [-0.2, -0.15) is 0 Å². The van der Waals surface area contributed by atoms with Crippen molar-refractivity contribution >= 4 is 170 Å². The molecule has 0 aromatic rings. The second-order valence-electron chi connectivity index (χ2n) is 14.0. The summed E-state index contributed by atoms with van der Waals surface area (Å²) in [5.41, 5.74) is 0. The van der Waals surface area contributed by atoms with Crippen molar-refractivity contribution in [1.29, 1.82) is 0 Å². The van der Waals surface area contributed by atoms with Crippen LogP contribution in [0.5, 0.6) is 0 Å². The summed E-state index contributed by atoms with van der Waals surface area (Å²) in [5.74, 6) is 0. The van der Waals surface area contributed by atoms with Gasteiger partial charge >= 0.3 is 8.56 Å². The molecule has 0 aromatic heterocycles. The molecule has 172 valence electrons. The molecule has 0 fully saturated rings. The molecule has 35 heavy (non-hydrogen) atoms. The van der Waals surface area contributed by atoms with Crippen LogP contribution in [0, 0.1) is 0 Å². The molecule has 0 bridgehead atoms. The SMILES string of the molecule is BBB(B)C(B(B)B)(B(B)BC)[Si](C)(C)O[Si](C)(C)O[Si](C)(C)C(B(B)B)(B(B)BB)B(B)BC. The Morgan fingerprint density at radius 3 is 0.971 bits per heavy atom. The Balaban J connectivity index is 6.67. The van der Waals surface area contributed by atoms with Gasteiger partial charge in [0.1, 0.15) is 0 Å². The lowest BCUT2D eigenvalue weighted by Gasteiger charge is -2.60. The van der Waals surface area contributed by atoms with Crippen LogP contribution in [0.4, 0.5) is 0 Å². The molecule has 0 aliphatic rings. The van der Waals surface area contributed by atoms with Gasteiger partial charge in [0.05, 0.1) is 118 Å². The van der Waals surface area contributed by atoms with E-state index >= 15 is 0 Å². The molecule has 0 heterocycles. The minimum Gasteiger partial charge on any atom is -0.438 e. The molecule has 2 nitrogen and oxygen atoms in total. The minimum atomic E-state index is -2.40. The van der Waals surface area contributed by atoms with E-state index in [4.69, 9.17) is 8.23 Å². The molecule has 0 radical (unpaired) electrons. The van der Waals surface area contributed by atoms with E-state index in [1.165, 1.54) is 28.5 Å². The molecule has 2 atom stereocenters. The highest BCUT2D eigenvalue weighted by atomic mass is 28.5. The van der Waals surface area contributed by atoms with Crippen molar-refractivity contribution in [1.82, 2.24) is 0 Å². The lowest BCUT2D eigenvalue weighted by atomic mass is 8.79. The summed E-state index contributed by atoms with van der Waals surface area (Å²) in [7, 11) is 22.7. The van der Waals surface area contributed by atoms with Crippen LogP contribution in [0.25, 0.3) is 0 Å². The van der Waals surface area contributed by atoms with E-state index in [9.17, 15) is 0 Å². The van der Waals surface area contributed by atoms with Crippen molar-refractivity contribution in [3.8, 4) is 0 Å². The maximum absolute atomic E-state index is 7.53. The molecule has 0 spiro atoms. The van der Waals surface area contributed by atoms with Crippen LogP contribution < -0.4 is 0 Å². The second kappa shape index (κ2) is 14.0. The highest BCUT2D eigenvalue weighted by Crippen LogP contribution is 2.47. The summed E-state index contributed by atoms with van der Waals surface area (Å²) < 4.78 is 15.5. The minimum absolute atomic E-state index is 0.235. The Labute approximate surface area is 239 Å². The first-order chi connectivity index (χ1) is 15.7. The Hall–Kier alpha value is 1.87. The second-order valence-corrected chi connectivity index (χ2v) is 26.2. The van der Waals surface area contributed by atoms with Gasteiger partial charge in [0.25, 0.3) is 0 Å². The van der Waals surface area contributed by atoms with Crippen molar-refractivity contribution in [3.05, 3.63) is 0 Å². The van der Waals surface area contributed by atoms with Crippen LogP contribution in [0.3, 0.4) is 0 Å². The maximum Gasteiger partial charge on any atom is 0.311 e. The quantitative estimate of drug-likeness (QED) is 0.196. The number of rotatable bonds is 16. The smallest absolute Gasteiger partial charge is 0.311 e. The van der Waals surface area contributed by atoms with E-state index in [0.29, 0.717) is 39.0 Å². The standard InChI is InChI=1S/C10H48B20O2Si3/c1-21-27(17)9(25(13)14,29(19)23-11)33(3,4)31-35(7,8)32-34(5,6)10(26(15)16,28(18)22-2)30(20)24-12/h21-24H,11-20H2,1-8H3. The maximum atomic E-state index is 7.53. The summed E-state index contributed by atoms with van der Waals surface area (Å²) >= 11 is 0. The van der Waals surface area contributed by atoms with Crippen molar-refractivity contribution in [3.63, 3.8) is 0 Å². The van der Waals surface area contributed by atoms with E-state index in [1.807, 2.05) is 0 Å². The molecule has 0 amide bonds. The molecule has 0 aliphatic heterocycles. The molecule has 0 aliphatic carbocycles. The van der Waals surface area contributed by atoms with E-state index in [0.717, 1.165) is 0 Å². The van der Waals surface area contributed by atoms with Crippen molar-refractivity contribution in [2.45, 2.75) is 62.4 Å². The van der Waals surface area contributed by atoms with E-state index in [2.05, 4.69) is 130 Å². The van der Waals surface area contributed by atoms with Crippen LogP contribution in [-0.2, 0) is 8.23 Å². The molecule has 0 saturated carbocycles. The first-order valence-corrected chi connectivity index (χ1v) is 23.8. The summed E-state index contributed by atoms with van der Waals surface area (Å²) in [6.07, 6.45) is 0. The first kappa shape index (κ1) is 36.9. The zero-order chi connectivity index (χ0) is 28.2. The number of hydrogen-bond acceptors (Lipinski definition) is 2. The normalized spacial score (nSPS) is 15.5. The van der Waals surface area contributed by atoms with Gasteiger partial charge in [0.2, 0.25) is 0 Å². The molecular weight excluding hydrogens is 453 g/mol. The van der Waals surface area contributed by atoms with Crippen LogP contribution in [0.15, 0.2) is 0 Å². The fourth-order valence-electron chi connectivity index (χ4n) is 9.79. The molecule has 25 heteroatoms. The van der Waals surface area contributed by atoms with Gasteiger partial charge in [0.15, 0.2) is 16.6 Å². The Morgan fingerprint density at radius 1 is 0.543 bits per heavy atom. The molecule has 0 rings (SSSR count). The molecule has 0 aromatic carbocycles. The third kappa shape index (κ3) is 7.15. The zero-order valence-electron chi connectivity index (χ0n) is 27.6. The Morgan fingerprint density at radius 2 is 0.800 bits per heavy atom. The van der Waals surface area contributed by atoms with Gasteiger partial charge in [-0.1, -0.05) is 13.6 Å². The van der Waals surface area contributed by atoms with Gasteiger partial charge in [-0.25, -0.2) is 0 Å². The fourth-order valence-corrected chi connectivity index (χ4v) is 29.9. The van der Waals surface area contributed by atoms with Crippen LogP contribution in [-0.4, -0.2) is 170 Å². The van der Waals surface area contributed by atoms with Gasteiger partial charge in [-0.05, 0) is 39.3 Å². The lowest BCUT2D eigenvalue weighted by molar-refractivity contribution is 0.387. The van der Waals surface area contributed by atoms with E-state index < -0.39 is 25.2 Å². The summed E-state index contributed by atoms with van der Waals surface area (Å²) in [4.78, 5) is 0. The van der Waals surface area contributed by atoms with Gasteiger partial charge in [-0.3, -0.25) is 0 Å². The predicted molar refractivity (Wildman–Crippen MR) is 220 cm³/mol.